The second kappa shape index (κ2) is 7.82. The van der Waals surface area contributed by atoms with Crippen LogP contribution in [0.15, 0.2) is 0 Å². The van der Waals surface area contributed by atoms with Gasteiger partial charge in [-0.05, 0) is 38.0 Å². The molecule has 11 heteroatoms. The van der Waals surface area contributed by atoms with Crippen molar-refractivity contribution in [3.63, 3.8) is 0 Å². The lowest BCUT2D eigenvalue weighted by Crippen LogP contribution is -2.71. The molecule has 0 amide bonds. The Morgan fingerprint density at radius 2 is 1.81 bits per heavy atom. The van der Waals surface area contributed by atoms with E-state index in [4.69, 9.17) is 32.8 Å². The van der Waals surface area contributed by atoms with E-state index in [0.29, 0.717) is 19.3 Å². The summed E-state index contributed by atoms with van der Waals surface area (Å²) in [5.41, 5.74) is -1.20. The highest BCUT2D eigenvalue weighted by molar-refractivity contribution is 5.73. The first kappa shape index (κ1) is 19.4. The Balaban J connectivity index is 1.50. The number of hydrogen-bond acceptors (Lipinski definition) is 10. The zero-order chi connectivity index (χ0) is 25.5. The highest BCUT2D eigenvalue weighted by Gasteiger charge is 2.69. The molecule has 0 radical (unpaired) electrons. The van der Waals surface area contributed by atoms with E-state index >= 15 is 0 Å². The van der Waals surface area contributed by atoms with Gasteiger partial charge in [0.1, 0.15) is 18.3 Å². The van der Waals surface area contributed by atoms with Crippen LogP contribution in [0.3, 0.4) is 0 Å². The van der Waals surface area contributed by atoms with Gasteiger partial charge in [0.15, 0.2) is 30.6 Å². The van der Waals surface area contributed by atoms with Crippen LogP contribution >= 0.6 is 0 Å². The molecule has 5 aliphatic heterocycles. The summed E-state index contributed by atoms with van der Waals surface area (Å²) in [6.45, 7) is 1.17. The number of aliphatic hydroxyl groups is 3. The molecule has 5 heterocycles. The highest BCUT2D eigenvalue weighted by atomic mass is 17.3. The van der Waals surface area contributed by atoms with Crippen molar-refractivity contribution in [3.8, 4) is 0 Å². The topological polar surface area (TPSA) is 153 Å². The Kier molecular flexibility index (Phi) is 4.75. The van der Waals surface area contributed by atoms with Crippen LogP contribution < -0.4 is 0 Å². The van der Waals surface area contributed by atoms with Crippen LogP contribution in [0.5, 0.6) is 0 Å². The Bertz CT molecular complexity index is 844. The average Bonchev–Trinajstić information content (AvgIpc) is 3.00. The third-order valence-corrected chi connectivity index (χ3v) is 7.84. The largest absolute Gasteiger partial charge is 0.479 e. The molecule has 2 bridgehead atoms. The highest BCUT2D eigenvalue weighted by Crippen LogP contribution is 2.60. The molecule has 4 N–H and O–H groups in total. The van der Waals surface area contributed by atoms with Crippen molar-refractivity contribution in [1.82, 2.24) is 0 Å². The number of carbonyl (C=O) groups is 1. The minimum absolute atomic E-state index is 0.105. The summed E-state index contributed by atoms with van der Waals surface area (Å²) >= 11 is 0. The van der Waals surface area contributed by atoms with Crippen LogP contribution in [0.25, 0.3) is 0 Å². The lowest BCUT2D eigenvalue weighted by molar-refractivity contribution is -0.579. The molecule has 1 spiro atoms. The molecule has 1 saturated carbocycles. The maximum absolute atomic E-state index is 11.5. The lowest BCUT2D eigenvalue weighted by Gasteiger charge is -2.60. The van der Waals surface area contributed by atoms with Gasteiger partial charge in [0.25, 0.3) is 0 Å². The number of rotatable bonds is 3. The van der Waals surface area contributed by atoms with Crippen molar-refractivity contribution in [2.45, 2.75) is 101 Å². The van der Waals surface area contributed by atoms with E-state index in [1.54, 1.807) is 6.92 Å². The number of aliphatic carboxylic acids is 1. The summed E-state index contributed by atoms with van der Waals surface area (Å²) < 4.78 is 48.2. The zero-order valence-electron chi connectivity index (χ0n) is 20.8. The van der Waals surface area contributed by atoms with Gasteiger partial charge in [-0.25, -0.2) is 14.6 Å². The molecule has 0 aromatic rings. The van der Waals surface area contributed by atoms with Gasteiger partial charge in [0.05, 0.1) is 0 Å². The lowest BCUT2D eigenvalue weighted by atomic mass is 9.58. The predicted octanol–water partition coefficient (Wildman–Crippen LogP) is 0.103. The summed E-state index contributed by atoms with van der Waals surface area (Å²) in [5, 5.41) is 39.9. The summed E-state index contributed by atoms with van der Waals surface area (Å²) in [5.74, 6) is -4.53. The molecular weight excluding hydrogens is 428 g/mol. The fourth-order valence-corrected chi connectivity index (χ4v) is 6.03. The molecule has 0 aromatic carbocycles. The Labute approximate surface area is 189 Å². The van der Waals surface area contributed by atoms with Crippen LogP contribution in [-0.4, -0.2) is 81.1 Å². The third-order valence-electron chi connectivity index (χ3n) is 7.84. The van der Waals surface area contributed by atoms with Gasteiger partial charge in [-0.1, -0.05) is 13.8 Å². The number of carboxylic acid groups (broad SMARTS) is 1. The molecule has 0 aromatic heterocycles. The van der Waals surface area contributed by atoms with Gasteiger partial charge < -0.3 is 39.4 Å². The number of carboxylic acids is 1. The first-order valence-electron chi connectivity index (χ1n) is 12.6. The molecule has 182 valence electrons. The van der Waals surface area contributed by atoms with Crippen LogP contribution in [0.1, 0.15) is 50.5 Å². The van der Waals surface area contributed by atoms with Gasteiger partial charge >= 0.3 is 5.97 Å². The molecule has 5 saturated heterocycles. The van der Waals surface area contributed by atoms with Crippen molar-refractivity contribution < 1.29 is 58.1 Å². The van der Waals surface area contributed by atoms with Crippen LogP contribution in [0.2, 0.25) is 0 Å². The van der Waals surface area contributed by atoms with Crippen molar-refractivity contribution >= 4 is 5.97 Å². The molecule has 1 unspecified atom stereocenters. The molecule has 1 aliphatic carbocycles. The monoisotopic (exact) mass is 463 g/mol. The van der Waals surface area contributed by atoms with E-state index in [1.165, 1.54) is 0 Å². The zero-order valence-corrected chi connectivity index (χ0v) is 17.8. The van der Waals surface area contributed by atoms with E-state index in [0.717, 1.165) is 6.42 Å². The van der Waals surface area contributed by atoms with Crippen LogP contribution in [0, 0.1) is 23.7 Å². The molecule has 6 aliphatic rings. The fraction of sp³-hybridized carbons (Fsp3) is 0.952. The molecule has 32 heavy (non-hydrogen) atoms. The summed E-state index contributed by atoms with van der Waals surface area (Å²) in [6, 6.07) is 0. The van der Waals surface area contributed by atoms with Gasteiger partial charge in [-0.3, -0.25) is 0 Å². The predicted molar refractivity (Wildman–Crippen MR) is 102 cm³/mol. The van der Waals surface area contributed by atoms with Crippen LogP contribution in [0.4, 0.5) is 0 Å². The standard InChI is InChI=1S/C21H32O11/c1-8-4-5-11-9(2)17(28-18-14(24)12(22)13(23)15(27-18)16(25)26)29-19-21(11)10(8)6-7-20(3,30-19)31-32-21/h8-15,17-19,22-24H,4-7H2,1-3H3,(H,25,26)/t8-,9-,10+,11+,12+,13+,14-,15+,17?,18+,19-,20-,21-/m1/s1/i2D3. The first-order chi connectivity index (χ1) is 16.3. The molecule has 11 nitrogen and oxygen atoms in total. The Morgan fingerprint density at radius 1 is 1.03 bits per heavy atom. The van der Waals surface area contributed by atoms with Crippen LogP contribution in [-0.2, 0) is 33.5 Å². The smallest absolute Gasteiger partial charge is 0.335 e. The fourth-order valence-electron chi connectivity index (χ4n) is 6.03. The van der Waals surface area contributed by atoms with Gasteiger partial charge in [0, 0.05) is 22.4 Å². The third kappa shape index (κ3) is 3.25. The van der Waals surface area contributed by atoms with Gasteiger partial charge in [-0.15, -0.1) is 0 Å². The Morgan fingerprint density at radius 3 is 2.53 bits per heavy atom. The minimum atomic E-state index is -2.61. The Hall–Kier alpha value is -0.890. The summed E-state index contributed by atoms with van der Waals surface area (Å²) in [6.07, 6.45) is -9.57. The summed E-state index contributed by atoms with van der Waals surface area (Å²) in [7, 11) is 0. The van der Waals surface area contributed by atoms with Crippen molar-refractivity contribution in [3.05, 3.63) is 0 Å². The van der Waals surface area contributed by atoms with Crippen molar-refractivity contribution in [2.75, 3.05) is 0 Å². The minimum Gasteiger partial charge on any atom is -0.479 e. The molecule has 6 fully saturated rings. The summed E-state index contributed by atoms with van der Waals surface area (Å²) in [4.78, 5) is 23.2. The first-order valence-corrected chi connectivity index (χ1v) is 11.1. The van der Waals surface area contributed by atoms with Crippen molar-refractivity contribution in [2.24, 2.45) is 23.7 Å². The van der Waals surface area contributed by atoms with Gasteiger partial charge in [-0.2, -0.15) is 0 Å². The van der Waals surface area contributed by atoms with E-state index in [1.807, 2.05) is 0 Å². The second-order valence-corrected chi connectivity index (χ2v) is 9.81. The van der Waals surface area contributed by atoms with E-state index in [2.05, 4.69) is 6.92 Å². The normalized spacial score (nSPS) is 59.3. The van der Waals surface area contributed by atoms with Gasteiger partial charge in [0.2, 0.25) is 5.79 Å². The maximum atomic E-state index is 11.5. The quantitative estimate of drug-likeness (QED) is 0.422. The van der Waals surface area contributed by atoms with E-state index in [9.17, 15) is 25.2 Å². The molecule has 6 rings (SSSR count). The number of ether oxygens (including phenoxy) is 4. The average molecular weight is 463 g/mol. The maximum Gasteiger partial charge on any atom is 0.335 e. The number of hydrogen-bond donors (Lipinski definition) is 4. The molecular formula is C21H32O11. The number of fused-ring (bicyclic) bond motifs is 2. The second-order valence-electron chi connectivity index (χ2n) is 9.81. The van der Waals surface area contributed by atoms with E-state index in [-0.39, 0.29) is 11.8 Å². The molecule has 13 atom stereocenters. The van der Waals surface area contributed by atoms with E-state index < -0.39 is 79.3 Å². The SMILES string of the molecule is [2H]C([2H])([2H])[C@H]1C(O[C@@H]2O[C@H](C(=O)O)[C@@H](O)[C@H](O)[C@H]2O)O[C@@H]2O[C@@]3(C)CC[C@H]4[C@H](C)CC[C@@H]1[C@@]24OO3. The number of aliphatic hydroxyl groups excluding tert-OH is 3. The van der Waals surface area contributed by atoms with Crippen molar-refractivity contribution in [1.29, 1.82) is 0 Å².